The largest absolute Gasteiger partial charge is 0.479 e. The molecule has 6 nitrogen and oxygen atoms in total. The number of thioether (sulfide) groups is 1. The van der Waals surface area contributed by atoms with Gasteiger partial charge in [0.1, 0.15) is 0 Å². The molecule has 0 aliphatic rings. The van der Waals surface area contributed by atoms with Crippen LogP contribution in [-0.2, 0) is 9.53 Å². The topological polar surface area (TPSA) is 87.7 Å². The minimum atomic E-state index is -1.12. The molecule has 0 spiro atoms. The number of methoxy groups -OCH3 is 1. The van der Waals surface area contributed by atoms with Crippen LogP contribution in [-0.4, -0.2) is 43.1 Å². The molecule has 1 rings (SSSR count). The third-order valence-corrected chi connectivity index (χ3v) is 3.06. The van der Waals surface area contributed by atoms with E-state index in [1.165, 1.54) is 7.11 Å². The van der Waals surface area contributed by atoms with E-state index in [9.17, 15) is 9.59 Å². The number of carbonyl (C=O) groups excluding carboxylic acids is 1. The van der Waals surface area contributed by atoms with Gasteiger partial charge in [-0.05, 0) is 24.5 Å². The average molecular weight is 284 g/mol. The van der Waals surface area contributed by atoms with Crippen LogP contribution in [0.15, 0.2) is 29.2 Å². The fourth-order valence-electron chi connectivity index (χ4n) is 1.33. The molecule has 0 radical (unpaired) electrons. The number of rotatable bonds is 6. The molecule has 1 atom stereocenters. The highest BCUT2D eigenvalue weighted by Crippen LogP contribution is 2.18. The lowest BCUT2D eigenvalue weighted by molar-refractivity contribution is -0.147. The number of benzene rings is 1. The first-order chi connectivity index (χ1) is 9.06. The molecule has 0 bridgehead atoms. The Hall–Kier alpha value is -1.73. The highest BCUT2D eigenvalue weighted by atomic mass is 32.2. The molecule has 0 aliphatic carbocycles. The van der Waals surface area contributed by atoms with Crippen molar-refractivity contribution >= 4 is 29.4 Å². The Balaban J connectivity index is 2.48. The van der Waals surface area contributed by atoms with E-state index in [1.807, 2.05) is 24.5 Å². The monoisotopic (exact) mass is 284 g/mol. The number of hydrogen-bond acceptors (Lipinski definition) is 4. The molecule has 1 unspecified atom stereocenters. The molecule has 0 fully saturated rings. The van der Waals surface area contributed by atoms with Crippen molar-refractivity contribution in [1.82, 2.24) is 5.32 Å². The van der Waals surface area contributed by atoms with Crippen LogP contribution in [0.3, 0.4) is 0 Å². The van der Waals surface area contributed by atoms with Gasteiger partial charge in [-0.15, -0.1) is 11.8 Å². The van der Waals surface area contributed by atoms with E-state index < -0.39 is 18.1 Å². The van der Waals surface area contributed by atoms with E-state index in [-0.39, 0.29) is 6.54 Å². The fraction of sp³-hybridized carbons (Fsp3) is 0.333. The van der Waals surface area contributed by atoms with Crippen molar-refractivity contribution in [2.45, 2.75) is 11.0 Å². The van der Waals surface area contributed by atoms with Crippen LogP contribution in [0.4, 0.5) is 10.5 Å². The average Bonchev–Trinajstić information content (AvgIpc) is 2.39. The van der Waals surface area contributed by atoms with Crippen LogP contribution in [0.1, 0.15) is 0 Å². The lowest BCUT2D eigenvalue weighted by atomic mass is 10.3. The van der Waals surface area contributed by atoms with Gasteiger partial charge in [0.25, 0.3) is 0 Å². The van der Waals surface area contributed by atoms with Gasteiger partial charge in [-0.1, -0.05) is 6.07 Å². The standard InChI is InChI=1S/C12H16N2O4S/c1-18-10(11(15)16)7-13-12(17)14-8-4-3-5-9(6-8)19-2/h3-6,10H,7H2,1-2H3,(H,15,16)(H2,13,14,17). The summed E-state index contributed by atoms with van der Waals surface area (Å²) < 4.78 is 4.70. The molecule has 2 amide bonds. The van der Waals surface area contributed by atoms with Crippen molar-refractivity contribution < 1.29 is 19.4 Å². The number of aliphatic carboxylic acids is 1. The van der Waals surface area contributed by atoms with E-state index in [0.29, 0.717) is 5.69 Å². The molecule has 0 aliphatic heterocycles. The maximum Gasteiger partial charge on any atom is 0.334 e. The highest BCUT2D eigenvalue weighted by molar-refractivity contribution is 7.98. The van der Waals surface area contributed by atoms with Crippen LogP contribution in [0.2, 0.25) is 0 Å². The number of carboxylic acid groups (broad SMARTS) is 1. The van der Waals surface area contributed by atoms with Crippen LogP contribution >= 0.6 is 11.8 Å². The predicted molar refractivity (Wildman–Crippen MR) is 73.7 cm³/mol. The van der Waals surface area contributed by atoms with Gasteiger partial charge in [0.2, 0.25) is 0 Å². The Morgan fingerprint density at radius 3 is 2.79 bits per heavy atom. The van der Waals surface area contributed by atoms with Crippen molar-refractivity contribution in [3.63, 3.8) is 0 Å². The van der Waals surface area contributed by atoms with Crippen molar-refractivity contribution in [3.8, 4) is 0 Å². The highest BCUT2D eigenvalue weighted by Gasteiger charge is 2.16. The Kier molecular flexibility index (Phi) is 6.17. The Morgan fingerprint density at radius 2 is 2.21 bits per heavy atom. The number of amides is 2. The lowest BCUT2D eigenvalue weighted by Gasteiger charge is -2.12. The molecule has 1 aromatic rings. The second kappa shape index (κ2) is 7.65. The van der Waals surface area contributed by atoms with Crippen molar-refractivity contribution in [3.05, 3.63) is 24.3 Å². The molecule has 1 aromatic carbocycles. The second-order valence-electron chi connectivity index (χ2n) is 3.63. The van der Waals surface area contributed by atoms with E-state index in [4.69, 9.17) is 9.84 Å². The molecule has 19 heavy (non-hydrogen) atoms. The summed E-state index contributed by atoms with van der Waals surface area (Å²) in [4.78, 5) is 23.3. The van der Waals surface area contributed by atoms with Gasteiger partial charge in [0.05, 0.1) is 6.54 Å². The Bertz CT molecular complexity index is 453. The van der Waals surface area contributed by atoms with Crippen LogP contribution < -0.4 is 10.6 Å². The van der Waals surface area contributed by atoms with Gasteiger partial charge in [-0.3, -0.25) is 0 Å². The number of hydrogen-bond donors (Lipinski definition) is 3. The smallest absolute Gasteiger partial charge is 0.334 e. The predicted octanol–water partition coefficient (Wildman–Crippen LogP) is 1.63. The SMILES string of the molecule is COC(CNC(=O)Nc1cccc(SC)c1)C(=O)O. The molecule has 0 saturated carbocycles. The normalized spacial score (nSPS) is 11.7. The summed E-state index contributed by atoms with van der Waals surface area (Å²) in [6, 6.07) is 6.87. The minimum Gasteiger partial charge on any atom is -0.479 e. The van der Waals surface area contributed by atoms with Crippen molar-refractivity contribution in [1.29, 1.82) is 0 Å². The maximum atomic E-state index is 11.6. The Labute approximate surface area is 115 Å². The molecule has 3 N–H and O–H groups in total. The molecule has 0 heterocycles. The lowest BCUT2D eigenvalue weighted by Crippen LogP contribution is -2.39. The summed E-state index contributed by atoms with van der Waals surface area (Å²) >= 11 is 1.57. The zero-order chi connectivity index (χ0) is 14.3. The maximum absolute atomic E-state index is 11.6. The van der Waals surface area contributed by atoms with Crippen LogP contribution in [0.25, 0.3) is 0 Å². The first-order valence-electron chi connectivity index (χ1n) is 5.51. The van der Waals surface area contributed by atoms with E-state index >= 15 is 0 Å². The minimum absolute atomic E-state index is 0.0973. The number of urea groups is 1. The third-order valence-electron chi connectivity index (χ3n) is 2.34. The van der Waals surface area contributed by atoms with Crippen LogP contribution in [0, 0.1) is 0 Å². The zero-order valence-electron chi connectivity index (χ0n) is 10.7. The van der Waals surface area contributed by atoms with E-state index in [2.05, 4.69) is 10.6 Å². The number of ether oxygens (including phenoxy) is 1. The number of carbonyl (C=O) groups is 2. The van der Waals surface area contributed by atoms with Crippen LogP contribution in [0.5, 0.6) is 0 Å². The summed E-state index contributed by atoms with van der Waals surface area (Å²) in [6.45, 7) is -0.0973. The van der Waals surface area contributed by atoms with Gasteiger partial charge in [-0.25, -0.2) is 9.59 Å². The molecular weight excluding hydrogens is 268 g/mol. The number of carboxylic acids is 1. The first kappa shape index (κ1) is 15.3. The fourth-order valence-corrected chi connectivity index (χ4v) is 1.79. The molecule has 7 heteroatoms. The third kappa shape index (κ3) is 5.19. The molecular formula is C12H16N2O4S. The van der Waals surface area contributed by atoms with Gasteiger partial charge < -0.3 is 20.5 Å². The number of anilines is 1. The molecule has 0 aromatic heterocycles. The summed E-state index contributed by atoms with van der Waals surface area (Å²) in [5.41, 5.74) is 0.647. The first-order valence-corrected chi connectivity index (χ1v) is 6.73. The summed E-state index contributed by atoms with van der Waals surface area (Å²) in [5, 5.41) is 13.8. The van der Waals surface area contributed by atoms with Gasteiger partial charge in [0, 0.05) is 17.7 Å². The van der Waals surface area contributed by atoms with Crippen molar-refractivity contribution in [2.75, 3.05) is 25.2 Å². The van der Waals surface area contributed by atoms with Gasteiger partial charge >= 0.3 is 12.0 Å². The Morgan fingerprint density at radius 1 is 1.47 bits per heavy atom. The molecule has 104 valence electrons. The number of nitrogens with one attached hydrogen (secondary N) is 2. The zero-order valence-corrected chi connectivity index (χ0v) is 11.5. The summed E-state index contributed by atoms with van der Waals surface area (Å²) in [5.74, 6) is -1.12. The van der Waals surface area contributed by atoms with Gasteiger partial charge in [0.15, 0.2) is 6.10 Å². The quantitative estimate of drug-likeness (QED) is 0.691. The molecule has 0 saturated heterocycles. The van der Waals surface area contributed by atoms with Gasteiger partial charge in [-0.2, -0.15) is 0 Å². The summed E-state index contributed by atoms with van der Waals surface area (Å²) in [6.07, 6.45) is 0.887. The van der Waals surface area contributed by atoms with Crippen molar-refractivity contribution in [2.24, 2.45) is 0 Å². The summed E-state index contributed by atoms with van der Waals surface area (Å²) in [7, 11) is 1.28. The second-order valence-corrected chi connectivity index (χ2v) is 4.51. The van der Waals surface area contributed by atoms with E-state index in [0.717, 1.165) is 4.90 Å². The van der Waals surface area contributed by atoms with E-state index in [1.54, 1.807) is 17.8 Å².